The number of nitrogens with one attached hydrogen (secondary N) is 2. The van der Waals surface area contributed by atoms with E-state index in [1.54, 1.807) is 60.7 Å². The highest BCUT2D eigenvalue weighted by Gasteiger charge is 2.11. The fourth-order valence-corrected chi connectivity index (χ4v) is 3.48. The quantitative estimate of drug-likeness (QED) is 0.395. The number of anilines is 1. The molecule has 0 saturated heterocycles. The highest BCUT2D eigenvalue weighted by molar-refractivity contribution is 7.89. The molecule has 0 heterocycles. The van der Waals surface area contributed by atoms with E-state index in [-0.39, 0.29) is 17.4 Å². The second-order valence-corrected chi connectivity index (χ2v) is 8.68. The number of hydrogen-bond acceptors (Lipinski definition) is 5. The van der Waals surface area contributed by atoms with Crippen LogP contribution >= 0.6 is 11.6 Å². The molecule has 7 nitrogen and oxygen atoms in total. The molecule has 0 aliphatic heterocycles. The third-order valence-electron chi connectivity index (χ3n) is 4.08. The van der Waals surface area contributed by atoms with E-state index >= 15 is 0 Å². The van der Waals surface area contributed by atoms with Crippen LogP contribution in [0.1, 0.15) is 11.1 Å². The van der Waals surface area contributed by atoms with Gasteiger partial charge in [0.25, 0.3) is 15.9 Å². The summed E-state index contributed by atoms with van der Waals surface area (Å²) in [6.07, 6.45) is 1.38. The minimum absolute atomic E-state index is 0.134. The number of amides is 1. The predicted octanol–water partition coefficient (Wildman–Crippen LogP) is 3.98. The summed E-state index contributed by atoms with van der Waals surface area (Å²) in [7, 11) is -3.73. The summed E-state index contributed by atoms with van der Waals surface area (Å²) in [6.45, 7) is 1.71. The van der Waals surface area contributed by atoms with Gasteiger partial charge in [-0.3, -0.25) is 4.79 Å². The number of hydrazone groups is 1. The molecule has 0 unspecified atom stereocenters. The van der Waals surface area contributed by atoms with Gasteiger partial charge in [-0.15, -0.1) is 0 Å². The Hall–Kier alpha value is -3.36. The van der Waals surface area contributed by atoms with Crippen LogP contribution in [0.3, 0.4) is 0 Å². The molecule has 0 aliphatic carbocycles. The normalized spacial score (nSPS) is 11.3. The van der Waals surface area contributed by atoms with E-state index in [9.17, 15) is 13.2 Å². The molecule has 31 heavy (non-hydrogen) atoms. The molecule has 0 aliphatic rings. The third kappa shape index (κ3) is 6.84. The number of benzene rings is 3. The Kier molecular flexibility index (Phi) is 7.28. The number of sulfonamides is 1. The van der Waals surface area contributed by atoms with E-state index in [2.05, 4.69) is 15.2 Å². The van der Waals surface area contributed by atoms with E-state index in [4.69, 9.17) is 16.3 Å². The number of carbonyl (C=O) groups excluding carboxylic acids is 1. The molecule has 0 aromatic heterocycles. The number of carbonyl (C=O) groups is 1. The van der Waals surface area contributed by atoms with Crippen LogP contribution in [0, 0.1) is 6.92 Å². The van der Waals surface area contributed by atoms with E-state index < -0.39 is 10.0 Å². The third-order valence-corrected chi connectivity index (χ3v) is 5.55. The summed E-state index contributed by atoms with van der Waals surface area (Å²) in [4.78, 5) is 14.3. The van der Waals surface area contributed by atoms with Crippen molar-refractivity contribution in [2.45, 2.75) is 11.8 Å². The van der Waals surface area contributed by atoms with Crippen LogP contribution in [0.4, 0.5) is 5.69 Å². The molecule has 0 radical (unpaired) electrons. The first kappa shape index (κ1) is 22.3. The molecule has 0 atom stereocenters. The molecule has 3 rings (SSSR count). The molecule has 3 aromatic carbocycles. The second kappa shape index (κ2) is 10.1. The Morgan fingerprint density at radius 3 is 2.45 bits per heavy atom. The lowest BCUT2D eigenvalue weighted by Gasteiger charge is -2.08. The second-order valence-electron chi connectivity index (χ2n) is 6.58. The summed E-state index contributed by atoms with van der Waals surface area (Å²) >= 11 is 5.88. The SMILES string of the molecule is Cc1ccc(S(=O)(=O)N/N=C\c2ccc(OCC(=O)Nc3cccc(Cl)c3)cc2)cc1. The molecule has 9 heteroatoms. The minimum atomic E-state index is -3.73. The van der Waals surface area contributed by atoms with Gasteiger partial charge in [-0.25, -0.2) is 4.83 Å². The van der Waals surface area contributed by atoms with E-state index in [0.717, 1.165) is 5.56 Å². The number of rotatable bonds is 8. The lowest BCUT2D eigenvalue weighted by molar-refractivity contribution is -0.118. The number of hydrogen-bond donors (Lipinski definition) is 2. The van der Waals surface area contributed by atoms with Gasteiger partial charge < -0.3 is 10.1 Å². The van der Waals surface area contributed by atoms with Crippen molar-refractivity contribution in [2.24, 2.45) is 5.10 Å². The Morgan fingerprint density at radius 2 is 1.77 bits per heavy atom. The number of halogens is 1. The van der Waals surface area contributed by atoms with Crippen molar-refractivity contribution in [1.29, 1.82) is 0 Å². The number of aryl methyl sites for hydroxylation is 1. The Balaban J connectivity index is 1.50. The first-order chi connectivity index (χ1) is 14.8. The van der Waals surface area contributed by atoms with Crippen molar-refractivity contribution in [3.8, 4) is 5.75 Å². The lowest BCUT2D eigenvalue weighted by atomic mass is 10.2. The van der Waals surface area contributed by atoms with Gasteiger partial charge >= 0.3 is 0 Å². The van der Waals surface area contributed by atoms with Crippen LogP contribution in [0.15, 0.2) is 82.8 Å². The smallest absolute Gasteiger partial charge is 0.276 e. The molecule has 0 saturated carbocycles. The van der Waals surface area contributed by atoms with Gasteiger partial charge in [0.2, 0.25) is 0 Å². The van der Waals surface area contributed by atoms with E-state index in [0.29, 0.717) is 22.0 Å². The molecule has 3 aromatic rings. The largest absolute Gasteiger partial charge is 0.484 e. The first-order valence-corrected chi connectivity index (χ1v) is 11.1. The molecule has 0 spiro atoms. The maximum absolute atomic E-state index is 12.2. The highest BCUT2D eigenvalue weighted by Crippen LogP contribution is 2.15. The average Bonchev–Trinajstić information content (AvgIpc) is 2.73. The van der Waals surface area contributed by atoms with Crippen molar-refractivity contribution in [2.75, 3.05) is 11.9 Å². The maximum Gasteiger partial charge on any atom is 0.276 e. The molecular formula is C22H20ClN3O4S. The predicted molar refractivity (Wildman–Crippen MR) is 121 cm³/mol. The first-order valence-electron chi connectivity index (χ1n) is 9.22. The van der Waals surface area contributed by atoms with Crippen LogP contribution in [0.25, 0.3) is 0 Å². The average molecular weight is 458 g/mol. The van der Waals surface area contributed by atoms with E-state index in [1.807, 2.05) is 6.92 Å². The fraction of sp³-hybridized carbons (Fsp3) is 0.0909. The van der Waals surface area contributed by atoms with Crippen LogP contribution in [-0.2, 0) is 14.8 Å². The lowest BCUT2D eigenvalue weighted by Crippen LogP contribution is -2.20. The maximum atomic E-state index is 12.2. The van der Waals surface area contributed by atoms with Crippen LogP contribution in [0.2, 0.25) is 5.02 Å². The minimum Gasteiger partial charge on any atom is -0.484 e. The van der Waals surface area contributed by atoms with Gasteiger partial charge in [-0.1, -0.05) is 35.4 Å². The van der Waals surface area contributed by atoms with Gasteiger partial charge in [0, 0.05) is 10.7 Å². The van der Waals surface area contributed by atoms with Crippen LogP contribution < -0.4 is 14.9 Å². The van der Waals surface area contributed by atoms with Crippen molar-refractivity contribution < 1.29 is 17.9 Å². The molecule has 0 bridgehead atoms. The molecule has 160 valence electrons. The summed E-state index contributed by atoms with van der Waals surface area (Å²) in [5, 5.41) is 7.00. The Morgan fingerprint density at radius 1 is 1.06 bits per heavy atom. The summed E-state index contributed by atoms with van der Waals surface area (Å²) < 4.78 is 29.8. The molecule has 0 fully saturated rings. The monoisotopic (exact) mass is 457 g/mol. The molecular weight excluding hydrogens is 438 g/mol. The zero-order valence-corrected chi connectivity index (χ0v) is 18.2. The van der Waals surface area contributed by atoms with Crippen molar-refractivity contribution in [1.82, 2.24) is 4.83 Å². The number of nitrogens with zero attached hydrogens (tertiary/aromatic N) is 1. The fourth-order valence-electron chi connectivity index (χ4n) is 2.50. The Labute approximate surface area is 185 Å². The van der Waals surface area contributed by atoms with Gasteiger partial charge in [-0.05, 0) is 67.1 Å². The van der Waals surface area contributed by atoms with Crippen molar-refractivity contribution >= 4 is 39.4 Å². The summed E-state index contributed by atoms with van der Waals surface area (Å²) in [6, 6.07) is 20.0. The van der Waals surface area contributed by atoms with Gasteiger partial charge in [0.1, 0.15) is 5.75 Å². The molecule has 1 amide bonds. The number of ether oxygens (including phenoxy) is 1. The van der Waals surface area contributed by atoms with Crippen molar-refractivity contribution in [3.63, 3.8) is 0 Å². The van der Waals surface area contributed by atoms with Gasteiger partial charge in [-0.2, -0.15) is 13.5 Å². The van der Waals surface area contributed by atoms with Crippen LogP contribution in [-0.4, -0.2) is 27.1 Å². The van der Waals surface area contributed by atoms with Gasteiger partial charge in [0.05, 0.1) is 11.1 Å². The highest BCUT2D eigenvalue weighted by atomic mass is 35.5. The zero-order chi connectivity index (χ0) is 22.3. The summed E-state index contributed by atoms with van der Waals surface area (Å²) in [5.74, 6) is 0.164. The van der Waals surface area contributed by atoms with Gasteiger partial charge in [0.15, 0.2) is 6.61 Å². The van der Waals surface area contributed by atoms with E-state index in [1.165, 1.54) is 18.3 Å². The Bertz CT molecular complexity index is 1180. The summed E-state index contributed by atoms with van der Waals surface area (Å²) in [5.41, 5.74) is 2.20. The standard InChI is InChI=1S/C22H20ClN3O4S/c1-16-5-11-21(12-6-16)31(28,29)26-24-14-17-7-9-20(10-8-17)30-15-22(27)25-19-4-2-3-18(23)13-19/h2-14,26H,15H2,1H3,(H,25,27)/b24-14-. The molecule has 2 N–H and O–H groups in total. The van der Waals surface area contributed by atoms with Crippen molar-refractivity contribution in [3.05, 3.63) is 88.9 Å². The topological polar surface area (TPSA) is 96.9 Å². The zero-order valence-electron chi connectivity index (χ0n) is 16.6. The van der Waals surface area contributed by atoms with Crippen LogP contribution in [0.5, 0.6) is 5.75 Å².